The maximum atomic E-state index is 3.55. The second-order valence-corrected chi connectivity index (χ2v) is 4.98. The van der Waals surface area contributed by atoms with Crippen molar-refractivity contribution in [1.82, 2.24) is 5.32 Å². The van der Waals surface area contributed by atoms with Crippen molar-refractivity contribution < 1.29 is 0 Å². The van der Waals surface area contributed by atoms with Crippen molar-refractivity contribution in [3.8, 4) is 0 Å². The highest BCUT2D eigenvalue weighted by Crippen LogP contribution is 2.10. The molecule has 2 aromatic rings. The summed E-state index contributed by atoms with van der Waals surface area (Å²) < 4.78 is 0. The first kappa shape index (κ1) is 13.8. The Labute approximate surface area is 116 Å². The van der Waals surface area contributed by atoms with E-state index in [0.717, 1.165) is 25.9 Å². The number of hydrogen-bond acceptors (Lipinski definition) is 1. The molecular weight excluding hydrogens is 230 g/mol. The highest BCUT2D eigenvalue weighted by atomic mass is 14.8. The molecule has 0 heterocycles. The molecule has 0 aliphatic carbocycles. The molecule has 0 unspecified atom stereocenters. The van der Waals surface area contributed by atoms with Crippen molar-refractivity contribution in [2.75, 3.05) is 6.54 Å². The van der Waals surface area contributed by atoms with Crippen molar-refractivity contribution >= 4 is 0 Å². The monoisotopic (exact) mass is 253 g/mol. The molecular formula is C18H23N. The largest absolute Gasteiger partial charge is 0.312 e. The van der Waals surface area contributed by atoms with Crippen LogP contribution in [0.4, 0.5) is 0 Å². The maximum absolute atomic E-state index is 3.55. The lowest BCUT2D eigenvalue weighted by Gasteiger charge is -2.10. The summed E-state index contributed by atoms with van der Waals surface area (Å²) in [6.07, 6.45) is 2.20. The van der Waals surface area contributed by atoms with Crippen molar-refractivity contribution in [3.63, 3.8) is 0 Å². The zero-order chi connectivity index (χ0) is 13.5. The fraction of sp³-hybridized carbons (Fsp3) is 0.333. The summed E-state index contributed by atoms with van der Waals surface area (Å²) in [6.45, 7) is 6.40. The molecule has 0 atom stereocenters. The molecule has 0 amide bonds. The summed E-state index contributed by atoms with van der Waals surface area (Å²) in [7, 11) is 0. The summed E-state index contributed by atoms with van der Waals surface area (Å²) in [4.78, 5) is 0. The topological polar surface area (TPSA) is 12.0 Å². The molecule has 1 N–H and O–H groups in total. The van der Waals surface area contributed by atoms with Gasteiger partial charge in [-0.25, -0.2) is 0 Å². The second kappa shape index (κ2) is 7.10. The van der Waals surface area contributed by atoms with E-state index in [4.69, 9.17) is 0 Å². The molecule has 0 aliphatic heterocycles. The zero-order valence-corrected chi connectivity index (χ0v) is 11.9. The van der Waals surface area contributed by atoms with E-state index in [9.17, 15) is 0 Å². The number of benzene rings is 2. The average molecular weight is 253 g/mol. The molecule has 0 bridgehead atoms. The van der Waals surface area contributed by atoms with Crippen molar-refractivity contribution in [2.24, 2.45) is 0 Å². The molecule has 0 saturated carbocycles. The van der Waals surface area contributed by atoms with Crippen LogP contribution in [0.15, 0.2) is 48.5 Å². The van der Waals surface area contributed by atoms with Gasteiger partial charge in [0.2, 0.25) is 0 Å². The molecule has 0 saturated heterocycles. The van der Waals surface area contributed by atoms with Crippen LogP contribution in [-0.2, 0) is 19.4 Å². The Kier molecular flexibility index (Phi) is 5.17. The van der Waals surface area contributed by atoms with E-state index in [-0.39, 0.29) is 0 Å². The predicted octanol–water partition coefficient (Wildman–Crippen LogP) is 3.89. The average Bonchev–Trinajstić information content (AvgIpc) is 2.45. The van der Waals surface area contributed by atoms with E-state index < -0.39 is 0 Å². The second-order valence-electron chi connectivity index (χ2n) is 4.98. The smallest absolute Gasteiger partial charge is 0.0208 e. The third kappa shape index (κ3) is 3.93. The third-order valence-electron chi connectivity index (χ3n) is 3.65. The first-order valence-electron chi connectivity index (χ1n) is 7.13. The van der Waals surface area contributed by atoms with Gasteiger partial charge in [0, 0.05) is 6.54 Å². The SMILES string of the molecule is CCc1ccccc1CNCCc1ccccc1C. The van der Waals surface area contributed by atoms with E-state index >= 15 is 0 Å². The molecule has 1 nitrogen and oxygen atoms in total. The van der Waals surface area contributed by atoms with Crippen LogP contribution in [0.5, 0.6) is 0 Å². The molecule has 100 valence electrons. The Balaban J connectivity index is 1.83. The van der Waals surface area contributed by atoms with E-state index in [1.54, 1.807) is 0 Å². The zero-order valence-electron chi connectivity index (χ0n) is 11.9. The van der Waals surface area contributed by atoms with Gasteiger partial charge in [0.15, 0.2) is 0 Å². The Morgan fingerprint density at radius 3 is 2.16 bits per heavy atom. The van der Waals surface area contributed by atoms with Crippen molar-refractivity contribution in [3.05, 3.63) is 70.8 Å². The molecule has 0 aliphatic rings. The summed E-state index contributed by atoms with van der Waals surface area (Å²) in [5.41, 5.74) is 5.71. The van der Waals surface area contributed by atoms with Crippen LogP contribution in [0.2, 0.25) is 0 Å². The fourth-order valence-electron chi connectivity index (χ4n) is 2.41. The lowest BCUT2D eigenvalue weighted by Crippen LogP contribution is -2.17. The Bertz CT molecular complexity index is 517. The van der Waals surface area contributed by atoms with Gasteiger partial charge in [0.05, 0.1) is 0 Å². The quantitative estimate of drug-likeness (QED) is 0.770. The van der Waals surface area contributed by atoms with Gasteiger partial charge in [-0.2, -0.15) is 0 Å². The van der Waals surface area contributed by atoms with Gasteiger partial charge in [-0.3, -0.25) is 0 Å². The lowest BCUT2D eigenvalue weighted by molar-refractivity contribution is 0.681. The first-order chi connectivity index (χ1) is 9.31. The van der Waals surface area contributed by atoms with Crippen LogP contribution in [0.3, 0.4) is 0 Å². The van der Waals surface area contributed by atoms with Crippen LogP contribution in [0, 0.1) is 6.92 Å². The molecule has 0 aromatic heterocycles. The number of nitrogens with one attached hydrogen (secondary N) is 1. The van der Waals surface area contributed by atoms with E-state index in [1.807, 2.05) is 0 Å². The number of hydrogen-bond donors (Lipinski definition) is 1. The Morgan fingerprint density at radius 2 is 1.47 bits per heavy atom. The maximum Gasteiger partial charge on any atom is 0.0208 e. The molecule has 0 radical (unpaired) electrons. The van der Waals surface area contributed by atoms with Gasteiger partial charge in [-0.05, 0) is 48.6 Å². The van der Waals surface area contributed by atoms with Crippen molar-refractivity contribution in [2.45, 2.75) is 33.2 Å². The predicted molar refractivity (Wildman–Crippen MR) is 82.4 cm³/mol. The van der Waals surface area contributed by atoms with Gasteiger partial charge in [-0.15, -0.1) is 0 Å². The van der Waals surface area contributed by atoms with E-state index in [2.05, 4.69) is 67.7 Å². The van der Waals surface area contributed by atoms with Gasteiger partial charge in [-0.1, -0.05) is 55.5 Å². The Morgan fingerprint density at radius 1 is 0.842 bits per heavy atom. The van der Waals surface area contributed by atoms with Gasteiger partial charge in [0.25, 0.3) is 0 Å². The minimum Gasteiger partial charge on any atom is -0.312 e. The highest BCUT2D eigenvalue weighted by molar-refractivity contribution is 5.27. The molecule has 0 fully saturated rings. The third-order valence-corrected chi connectivity index (χ3v) is 3.65. The summed E-state index contributed by atoms with van der Waals surface area (Å²) in [5, 5.41) is 3.55. The van der Waals surface area contributed by atoms with Crippen LogP contribution >= 0.6 is 0 Å². The van der Waals surface area contributed by atoms with Gasteiger partial charge >= 0.3 is 0 Å². The summed E-state index contributed by atoms with van der Waals surface area (Å²) >= 11 is 0. The fourth-order valence-corrected chi connectivity index (χ4v) is 2.41. The lowest BCUT2D eigenvalue weighted by atomic mass is 10.0. The van der Waals surface area contributed by atoms with Gasteiger partial charge in [0.1, 0.15) is 0 Å². The van der Waals surface area contributed by atoms with Crippen LogP contribution < -0.4 is 5.32 Å². The van der Waals surface area contributed by atoms with Crippen LogP contribution in [-0.4, -0.2) is 6.54 Å². The minimum absolute atomic E-state index is 0.968. The summed E-state index contributed by atoms with van der Waals surface area (Å²) in [6, 6.07) is 17.3. The molecule has 2 aromatic carbocycles. The van der Waals surface area contributed by atoms with E-state index in [0.29, 0.717) is 0 Å². The first-order valence-corrected chi connectivity index (χ1v) is 7.13. The normalized spacial score (nSPS) is 10.6. The highest BCUT2D eigenvalue weighted by Gasteiger charge is 2.00. The minimum atomic E-state index is 0.968. The molecule has 19 heavy (non-hydrogen) atoms. The Hall–Kier alpha value is -1.60. The molecule has 2 rings (SSSR count). The van der Waals surface area contributed by atoms with E-state index in [1.165, 1.54) is 22.3 Å². The summed E-state index contributed by atoms with van der Waals surface area (Å²) in [5.74, 6) is 0. The molecule has 1 heteroatoms. The van der Waals surface area contributed by atoms with Gasteiger partial charge < -0.3 is 5.32 Å². The van der Waals surface area contributed by atoms with Crippen LogP contribution in [0.1, 0.15) is 29.2 Å². The van der Waals surface area contributed by atoms with Crippen molar-refractivity contribution in [1.29, 1.82) is 0 Å². The molecule has 0 spiro atoms. The standard InChI is InChI=1S/C18H23N/c1-3-16-9-6-7-11-18(16)14-19-13-12-17-10-5-4-8-15(17)2/h4-11,19H,3,12-14H2,1-2H3. The van der Waals surface area contributed by atoms with Crippen LogP contribution in [0.25, 0.3) is 0 Å². The number of rotatable bonds is 6. The number of aryl methyl sites for hydroxylation is 2.